The van der Waals surface area contributed by atoms with Crippen molar-refractivity contribution >= 4 is 12.4 Å². The lowest BCUT2D eigenvalue weighted by Crippen LogP contribution is -2.13. The molecule has 0 saturated heterocycles. The summed E-state index contributed by atoms with van der Waals surface area (Å²) in [6.07, 6.45) is 3.47. The van der Waals surface area contributed by atoms with Crippen LogP contribution in [0.4, 0.5) is 13.6 Å². The second-order valence-electron chi connectivity index (χ2n) is 7.63. The zero-order valence-corrected chi connectivity index (χ0v) is 17.4. The summed E-state index contributed by atoms with van der Waals surface area (Å²) in [4.78, 5) is 29.2. The highest BCUT2D eigenvalue weighted by Gasteiger charge is 2.30. The number of rotatable bonds is 5. The summed E-state index contributed by atoms with van der Waals surface area (Å²) < 4.78 is 37.4. The zero-order valence-electron chi connectivity index (χ0n) is 17.4. The monoisotopic (exact) mass is 437 g/mol. The number of methoxy groups -OCH3 is 1. The standard InChI is InChI=1S/C25H21F2NO4/c1-31-25(30)32-24-21(15-6-10-18(26)11-7-15)20(14-29)22(16-4-2-3-5-16)28-23(24)17-8-12-19(27)13-9-17/h6-14,16H,2-5H2,1H3. The number of carbonyl (C=O) groups is 2. The van der Waals surface area contributed by atoms with Gasteiger partial charge in [-0.3, -0.25) is 4.79 Å². The molecular weight excluding hydrogens is 416 g/mol. The van der Waals surface area contributed by atoms with Crippen molar-refractivity contribution in [3.63, 3.8) is 0 Å². The van der Waals surface area contributed by atoms with Gasteiger partial charge in [0.1, 0.15) is 17.3 Å². The van der Waals surface area contributed by atoms with E-state index in [0.717, 1.165) is 25.7 Å². The molecule has 1 aliphatic carbocycles. The van der Waals surface area contributed by atoms with Gasteiger partial charge in [0.15, 0.2) is 12.0 Å². The van der Waals surface area contributed by atoms with Crippen LogP contribution in [-0.2, 0) is 4.74 Å². The third-order valence-electron chi connectivity index (χ3n) is 5.68. The molecule has 7 heteroatoms. The van der Waals surface area contributed by atoms with Crippen LogP contribution in [0.15, 0.2) is 48.5 Å². The van der Waals surface area contributed by atoms with E-state index in [1.54, 1.807) is 0 Å². The Kier molecular flexibility index (Phi) is 6.25. The molecule has 0 radical (unpaired) electrons. The number of hydrogen-bond acceptors (Lipinski definition) is 5. The molecule has 0 unspecified atom stereocenters. The Labute approximate surface area is 184 Å². The molecule has 0 bridgehead atoms. The van der Waals surface area contributed by atoms with Gasteiger partial charge in [0.25, 0.3) is 0 Å². The first-order valence-corrected chi connectivity index (χ1v) is 10.3. The topological polar surface area (TPSA) is 65.5 Å². The van der Waals surface area contributed by atoms with Gasteiger partial charge in [-0.15, -0.1) is 0 Å². The second kappa shape index (κ2) is 9.26. The highest BCUT2D eigenvalue weighted by atomic mass is 19.1. The molecule has 1 saturated carbocycles. The van der Waals surface area contributed by atoms with Crippen LogP contribution in [0, 0.1) is 11.6 Å². The lowest BCUT2D eigenvalue weighted by atomic mass is 9.90. The average molecular weight is 437 g/mol. The number of halogens is 2. The SMILES string of the molecule is COC(=O)Oc1c(-c2ccc(F)cc2)nc(C2CCCC2)c(C=O)c1-c1ccc(F)cc1. The molecule has 0 aliphatic heterocycles. The molecule has 3 aromatic rings. The van der Waals surface area contributed by atoms with Crippen molar-refractivity contribution in [1.29, 1.82) is 0 Å². The van der Waals surface area contributed by atoms with Gasteiger partial charge in [-0.1, -0.05) is 25.0 Å². The summed E-state index contributed by atoms with van der Waals surface area (Å²) in [5.41, 5.74) is 2.47. The first-order valence-electron chi connectivity index (χ1n) is 10.3. The molecule has 1 aromatic heterocycles. The van der Waals surface area contributed by atoms with Gasteiger partial charge < -0.3 is 9.47 Å². The van der Waals surface area contributed by atoms with Crippen molar-refractivity contribution in [3.8, 4) is 28.1 Å². The number of aromatic nitrogens is 1. The summed E-state index contributed by atoms with van der Waals surface area (Å²) in [5.74, 6) is -0.816. The van der Waals surface area contributed by atoms with Crippen molar-refractivity contribution < 1.29 is 27.8 Å². The lowest BCUT2D eigenvalue weighted by Gasteiger charge is -2.21. The van der Waals surface area contributed by atoms with Gasteiger partial charge in [0, 0.05) is 22.6 Å². The Hall–Kier alpha value is -3.61. The van der Waals surface area contributed by atoms with E-state index < -0.39 is 17.8 Å². The fourth-order valence-corrected chi connectivity index (χ4v) is 4.16. The maximum Gasteiger partial charge on any atom is 0.513 e. The van der Waals surface area contributed by atoms with Crippen LogP contribution >= 0.6 is 0 Å². The van der Waals surface area contributed by atoms with Gasteiger partial charge >= 0.3 is 6.16 Å². The Balaban J connectivity index is 2.06. The Morgan fingerprint density at radius 3 is 2.06 bits per heavy atom. The van der Waals surface area contributed by atoms with Gasteiger partial charge in [0.2, 0.25) is 0 Å². The van der Waals surface area contributed by atoms with Gasteiger partial charge in [-0.25, -0.2) is 18.6 Å². The minimum Gasteiger partial charge on any atom is -0.437 e. The Morgan fingerprint density at radius 1 is 0.969 bits per heavy atom. The summed E-state index contributed by atoms with van der Waals surface area (Å²) in [5, 5.41) is 0. The highest BCUT2D eigenvalue weighted by Crippen LogP contribution is 2.45. The number of ether oxygens (including phenoxy) is 2. The van der Waals surface area contributed by atoms with Crippen molar-refractivity contribution in [3.05, 3.63) is 71.4 Å². The molecule has 1 fully saturated rings. The summed E-state index contributed by atoms with van der Waals surface area (Å²) in [6, 6.07) is 11.1. The van der Waals surface area contributed by atoms with Crippen molar-refractivity contribution in [2.75, 3.05) is 7.11 Å². The molecule has 1 heterocycles. The number of pyridine rings is 1. The van der Waals surface area contributed by atoms with E-state index in [1.807, 2.05) is 0 Å². The van der Waals surface area contributed by atoms with Crippen LogP contribution in [0.1, 0.15) is 47.7 Å². The molecule has 2 aromatic carbocycles. The van der Waals surface area contributed by atoms with Crippen LogP contribution < -0.4 is 4.74 Å². The summed E-state index contributed by atoms with van der Waals surface area (Å²) in [6.45, 7) is 0. The largest absolute Gasteiger partial charge is 0.513 e. The second-order valence-corrected chi connectivity index (χ2v) is 7.63. The van der Waals surface area contributed by atoms with Crippen LogP contribution in [0.5, 0.6) is 5.75 Å². The minimum absolute atomic E-state index is 0.00101. The van der Waals surface area contributed by atoms with E-state index in [4.69, 9.17) is 9.72 Å². The van der Waals surface area contributed by atoms with Crippen LogP contribution in [0.3, 0.4) is 0 Å². The van der Waals surface area contributed by atoms with Crippen molar-refractivity contribution in [2.45, 2.75) is 31.6 Å². The van der Waals surface area contributed by atoms with Gasteiger partial charge in [-0.05, 0) is 54.8 Å². The number of benzene rings is 2. The molecule has 0 spiro atoms. The number of carbonyl (C=O) groups excluding carboxylic acids is 2. The molecule has 0 N–H and O–H groups in total. The van der Waals surface area contributed by atoms with E-state index in [2.05, 4.69) is 4.74 Å². The van der Waals surface area contributed by atoms with Gasteiger partial charge in [-0.2, -0.15) is 0 Å². The van der Waals surface area contributed by atoms with E-state index in [9.17, 15) is 18.4 Å². The zero-order chi connectivity index (χ0) is 22.7. The van der Waals surface area contributed by atoms with Crippen LogP contribution in [0.25, 0.3) is 22.4 Å². The number of aldehydes is 1. The molecule has 5 nitrogen and oxygen atoms in total. The molecule has 4 rings (SSSR count). The summed E-state index contributed by atoms with van der Waals surface area (Å²) in [7, 11) is 1.17. The first-order chi connectivity index (χ1) is 15.5. The number of hydrogen-bond donors (Lipinski definition) is 0. The quantitative estimate of drug-likeness (QED) is 0.346. The third kappa shape index (κ3) is 4.23. The minimum atomic E-state index is -0.996. The van der Waals surface area contributed by atoms with Crippen molar-refractivity contribution in [1.82, 2.24) is 4.98 Å². The molecule has 0 atom stereocenters. The smallest absolute Gasteiger partial charge is 0.437 e. The molecule has 32 heavy (non-hydrogen) atoms. The molecule has 0 amide bonds. The predicted octanol–water partition coefficient (Wildman–Crippen LogP) is 6.31. The predicted molar refractivity (Wildman–Crippen MR) is 115 cm³/mol. The van der Waals surface area contributed by atoms with E-state index in [-0.39, 0.29) is 22.9 Å². The average Bonchev–Trinajstić information content (AvgIpc) is 3.34. The Bertz CT molecular complexity index is 1140. The fraction of sp³-hybridized carbons (Fsp3) is 0.240. The van der Waals surface area contributed by atoms with E-state index >= 15 is 0 Å². The van der Waals surface area contributed by atoms with Crippen LogP contribution in [0.2, 0.25) is 0 Å². The van der Waals surface area contributed by atoms with E-state index in [0.29, 0.717) is 28.7 Å². The third-order valence-corrected chi connectivity index (χ3v) is 5.68. The van der Waals surface area contributed by atoms with Crippen molar-refractivity contribution in [2.24, 2.45) is 0 Å². The first kappa shape index (κ1) is 21.6. The van der Waals surface area contributed by atoms with Crippen LogP contribution in [-0.4, -0.2) is 24.5 Å². The normalized spacial score (nSPS) is 13.7. The fourth-order valence-electron chi connectivity index (χ4n) is 4.16. The lowest BCUT2D eigenvalue weighted by molar-refractivity contribution is 0.111. The summed E-state index contributed by atoms with van der Waals surface area (Å²) >= 11 is 0. The Morgan fingerprint density at radius 2 is 1.53 bits per heavy atom. The highest BCUT2D eigenvalue weighted by molar-refractivity contribution is 5.96. The molecule has 164 valence electrons. The molecular formula is C25H21F2NO4. The van der Waals surface area contributed by atoms with Gasteiger partial charge in [0.05, 0.1) is 12.8 Å². The maximum absolute atomic E-state index is 13.6. The molecule has 1 aliphatic rings. The maximum atomic E-state index is 13.6. The number of nitrogens with zero attached hydrogens (tertiary/aromatic N) is 1. The van der Waals surface area contributed by atoms with E-state index in [1.165, 1.54) is 55.6 Å².